The molecule has 2 aromatic rings. The van der Waals surface area contributed by atoms with Gasteiger partial charge in [0.25, 0.3) is 0 Å². The van der Waals surface area contributed by atoms with Crippen LogP contribution in [0.15, 0.2) is 36.4 Å². The summed E-state index contributed by atoms with van der Waals surface area (Å²) in [7, 11) is 0. The minimum Gasteiger partial charge on any atom is -0.454 e. The molecule has 0 aromatic heterocycles. The second-order valence-corrected chi connectivity index (χ2v) is 4.86. The summed E-state index contributed by atoms with van der Waals surface area (Å²) in [6, 6.07) is 8.77. The van der Waals surface area contributed by atoms with E-state index in [1.807, 2.05) is 0 Å². The van der Waals surface area contributed by atoms with Crippen molar-refractivity contribution in [3.05, 3.63) is 57.8 Å². The van der Waals surface area contributed by atoms with E-state index in [0.29, 0.717) is 22.1 Å². The maximum atomic E-state index is 12.9. The highest BCUT2D eigenvalue weighted by molar-refractivity contribution is 6.32. The highest BCUT2D eigenvalue weighted by Gasteiger charge is 2.10. The molecule has 1 atom stereocenters. The Kier molecular flexibility index (Phi) is 4.30. The topological polar surface area (TPSA) is 29.5 Å². The maximum absolute atomic E-state index is 12.9. The number of aliphatic hydroxyl groups is 1. The molecule has 0 amide bonds. The van der Waals surface area contributed by atoms with E-state index in [1.54, 1.807) is 25.1 Å². The van der Waals surface area contributed by atoms with Gasteiger partial charge in [-0.1, -0.05) is 29.3 Å². The summed E-state index contributed by atoms with van der Waals surface area (Å²) in [5.41, 5.74) is 0.683. The number of hydrogen-bond acceptors (Lipinski definition) is 2. The highest BCUT2D eigenvalue weighted by atomic mass is 35.5. The summed E-state index contributed by atoms with van der Waals surface area (Å²) >= 11 is 11.9. The van der Waals surface area contributed by atoms with Gasteiger partial charge in [0.05, 0.1) is 16.1 Å². The standard InChI is InChI=1S/C14H11Cl2FO2/c1-8(18)9-2-4-13(11(15)6-9)19-14-5-3-10(17)7-12(14)16/h2-8,18H,1H3/t8-/m0/s1. The average molecular weight is 301 g/mol. The van der Waals surface area contributed by atoms with Gasteiger partial charge in [-0.05, 0) is 42.8 Å². The van der Waals surface area contributed by atoms with Crippen LogP contribution in [0, 0.1) is 5.82 Å². The SMILES string of the molecule is C[C@H](O)c1ccc(Oc2ccc(F)cc2Cl)c(Cl)c1. The van der Waals surface area contributed by atoms with Crippen LogP contribution in [0.5, 0.6) is 11.5 Å². The van der Waals surface area contributed by atoms with Gasteiger partial charge >= 0.3 is 0 Å². The van der Waals surface area contributed by atoms with Gasteiger partial charge in [-0.15, -0.1) is 0 Å². The van der Waals surface area contributed by atoms with Crippen molar-refractivity contribution in [3.8, 4) is 11.5 Å². The largest absolute Gasteiger partial charge is 0.454 e. The lowest BCUT2D eigenvalue weighted by molar-refractivity contribution is 0.199. The van der Waals surface area contributed by atoms with Gasteiger partial charge in [0.15, 0.2) is 0 Å². The molecule has 0 fully saturated rings. The van der Waals surface area contributed by atoms with E-state index in [1.165, 1.54) is 12.1 Å². The molecular weight excluding hydrogens is 290 g/mol. The van der Waals surface area contributed by atoms with Gasteiger partial charge in [-0.3, -0.25) is 0 Å². The van der Waals surface area contributed by atoms with E-state index in [0.717, 1.165) is 6.07 Å². The normalized spacial score (nSPS) is 12.3. The number of ether oxygens (including phenoxy) is 1. The monoisotopic (exact) mass is 300 g/mol. The van der Waals surface area contributed by atoms with E-state index in [9.17, 15) is 9.50 Å². The fourth-order valence-electron chi connectivity index (χ4n) is 1.54. The van der Waals surface area contributed by atoms with Crippen LogP contribution in [0.3, 0.4) is 0 Å². The minimum atomic E-state index is -0.610. The first-order chi connectivity index (χ1) is 8.97. The number of halogens is 3. The molecule has 0 unspecified atom stereocenters. The van der Waals surface area contributed by atoms with Crippen LogP contribution in [0.25, 0.3) is 0 Å². The molecule has 0 heterocycles. The zero-order valence-corrected chi connectivity index (χ0v) is 11.5. The molecule has 19 heavy (non-hydrogen) atoms. The van der Waals surface area contributed by atoms with Crippen LogP contribution in [0.2, 0.25) is 10.0 Å². The van der Waals surface area contributed by atoms with Crippen LogP contribution in [-0.2, 0) is 0 Å². The van der Waals surface area contributed by atoms with E-state index >= 15 is 0 Å². The van der Waals surface area contributed by atoms with Crippen molar-refractivity contribution < 1.29 is 14.2 Å². The fourth-order valence-corrected chi connectivity index (χ4v) is 1.97. The number of rotatable bonds is 3. The Morgan fingerprint density at radius 1 is 1.05 bits per heavy atom. The molecule has 0 aliphatic rings. The zero-order chi connectivity index (χ0) is 14.0. The third kappa shape index (κ3) is 3.38. The molecule has 100 valence electrons. The Morgan fingerprint density at radius 3 is 2.16 bits per heavy atom. The van der Waals surface area contributed by atoms with E-state index in [-0.39, 0.29) is 5.02 Å². The van der Waals surface area contributed by atoms with Crippen molar-refractivity contribution in [2.75, 3.05) is 0 Å². The lowest BCUT2D eigenvalue weighted by Crippen LogP contribution is -1.92. The van der Waals surface area contributed by atoms with Crippen LogP contribution >= 0.6 is 23.2 Å². The predicted octanol–water partition coefficient (Wildman–Crippen LogP) is 4.98. The number of aliphatic hydroxyl groups excluding tert-OH is 1. The summed E-state index contributed by atoms with van der Waals surface area (Å²) in [6.45, 7) is 1.64. The van der Waals surface area contributed by atoms with Crippen molar-refractivity contribution in [1.82, 2.24) is 0 Å². The fraction of sp³-hybridized carbons (Fsp3) is 0.143. The van der Waals surface area contributed by atoms with Crippen molar-refractivity contribution in [1.29, 1.82) is 0 Å². The first kappa shape index (κ1) is 14.1. The smallest absolute Gasteiger partial charge is 0.146 e. The van der Waals surface area contributed by atoms with Gasteiger partial charge in [0.2, 0.25) is 0 Å². The molecule has 0 aliphatic heterocycles. The van der Waals surface area contributed by atoms with Gasteiger partial charge < -0.3 is 9.84 Å². The molecule has 5 heteroatoms. The van der Waals surface area contributed by atoms with E-state index < -0.39 is 11.9 Å². The zero-order valence-electron chi connectivity index (χ0n) is 10.0. The molecule has 0 spiro atoms. The minimum absolute atomic E-state index is 0.163. The van der Waals surface area contributed by atoms with Gasteiger partial charge in [0.1, 0.15) is 17.3 Å². The summed E-state index contributed by atoms with van der Waals surface area (Å²) in [5, 5.41) is 9.95. The Hall–Kier alpha value is -1.29. The molecule has 0 aliphatic carbocycles. The van der Waals surface area contributed by atoms with Crippen LogP contribution in [0.1, 0.15) is 18.6 Å². The van der Waals surface area contributed by atoms with Crippen LogP contribution in [-0.4, -0.2) is 5.11 Å². The third-order valence-corrected chi connectivity index (χ3v) is 3.14. The summed E-state index contributed by atoms with van der Waals surface area (Å²) in [4.78, 5) is 0. The van der Waals surface area contributed by atoms with Crippen LogP contribution < -0.4 is 4.74 Å². The lowest BCUT2D eigenvalue weighted by Gasteiger charge is -2.11. The molecule has 0 saturated heterocycles. The molecule has 2 rings (SSSR count). The van der Waals surface area contributed by atoms with Crippen molar-refractivity contribution in [3.63, 3.8) is 0 Å². The molecule has 2 aromatic carbocycles. The van der Waals surface area contributed by atoms with Crippen LogP contribution in [0.4, 0.5) is 4.39 Å². The third-order valence-electron chi connectivity index (χ3n) is 2.55. The van der Waals surface area contributed by atoms with Gasteiger partial charge in [-0.25, -0.2) is 4.39 Å². The Bertz CT molecular complexity index is 600. The second kappa shape index (κ2) is 5.78. The van der Waals surface area contributed by atoms with E-state index in [2.05, 4.69) is 0 Å². The van der Waals surface area contributed by atoms with E-state index in [4.69, 9.17) is 27.9 Å². The number of benzene rings is 2. The Labute approximate surface area is 120 Å². The molecule has 0 bridgehead atoms. The molecule has 0 radical (unpaired) electrons. The van der Waals surface area contributed by atoms with Crippen molar-refractivity contribution >= 4 is 23.2 Å². The average Bonchev–Trinajstić information content (AvgIpc) is 2.34. The highest BCUT2D eigenvalue weighted by Crippen LogP contribution is 2.35. The summed E-state index contributed by atoms with van der Waals surface area (Å²) < 4.78 is 18.4. The Morgan fingerprint density at radius 2 is 1.63 bits per heavy atom. The summed E-state index contributed by atoms with van der Waals surface area (Å²) in [6.07, 6.45) is -0.610. The molecule has 0 saturated carbocycles. The van der Waals surface area contributed by atoms with Gasteiger partial charge in [0, 0.05) is 0 Å². The second-order valence-electron chi connectivity index (χ2n) is 4.04. The van der Waals surface area contributed by atoms with Crippen molar-refractivity contribution in [2.45, 2.75) is 13.0 Å². The lowest BCUT2D eigenvalue weighted by atomic mass is 10.1. The summed E-state index contributed by atoms with van der Waals surface area (Å²) in [5.74, 6) is 0.266. The maximum Gasteiger partial charge on any atom is 0.146 e. The first-order valence-electron chi connectivity index (χ1n) is 5.58. The van der Waals surface area contributed by atoms with Gasteiger partial charge in [-0.2, -0.15) is 0 Å². The molecule has 1 N–H and O–H groups in total. The molecular formula is C14H11Cl2FO2. The van der Waals surface area contributed by atoms with Crippen molar-refractivity contribution in [2.24, 2.45) is 0 Å². The number of hydrogen-bond donors (Lipinski definition) is 1. The first-order valence-corrected chi connectivity index (χ1v) is 6.33. The molecule has 2 nitrogen and oxygen atoms in total. The Balaban J connectivity index is 2.28. The quantitative estimate of drug-likeness (QED) is 0.866. The predicted molar refractivity (Wildman–Crippen MR) is 73.6 cm³/mol.